The van der Waals surface area contributed by atoms with Crippen molar-refractivity contribution in [2.45, 2.75) is 12.8 Å². The molecule has 1 aromatic heterocycles. The second-order valence-corrected chi connectivity index (χ2v) is 15.6. The molecule has 0 N–H and O–H groups in total. The average Bonchev–Trinajstić information content (AvgIpc) is 3.62. The zero-order valence-corrected chi connectivity index (χ0v) is 32.3. The van der Waals surface area contributed by atoms with Gasteiger partial charge in [-0.1, -0.05) is 133 Å². The lowest BCUT2D eigenvalue weighted by atomic mass is 9.35. The number of ether oxygens (including phenoxy) is 2. The maximum Gasteiger partial charge on any atom is 0.260 e. The second kappa shape index (κ2) is 13.6. The zero-order valence-electron chi connectivity index (χ0n) is 32.3. The lowest BCUT2D eigenvalue weighted by Crippen LogP contribution is -2.57. The van der Waals surface area contributed by atoms with Crippen LogP contribution in [-0.4, -0.2) is 11.3 Å². The number of aromatic nitrogens is 1. The minimum atomic E-state index is -0.0631. The standard InChI is InChI=1S/C54H37BN2O2/c1-4-13-36(14-5-1)38-23-27-41(28-24-38)56(42-29-25-39(26-30-42)37-15-6-2-7-16-37)43-31-32-46-52(33-43)58-50-21-12-22-51-54(50)55(46)47-34-45-44-19-10-11-20-48(44)57(40-17-8-3-9-18-40)49(45)35-53(47)59-51/h1-2,4-8,10-35H,3,9H2. The minimum Gasteiger partial charge on any atom is -0.458 e. The van der Waals surface area contributed by atoms with E-state index in [2.05, 4.69) is 204 Å². The number of hydrogen-bond acceptors (Lipinski definition) is 3. The molecule has 2 aliphatic heterocycles. The molecule has 0 fully saturated rings. The number of anilines is 3. The topological polar surface area (TPSA) is 26.6 Å². The number of hydrogen-bond donors (Lipinski definition) is 0. The SMILES string of the molecule is C1=CC(n2c3ccccc3c3cc4c(cc32)Oc2cccc3c2B4c2ccc(N(c4ccc(-c5ccccc5)cc4)c4ccc(-c5ccccc5)cc4)cc2O3)=CCC1. The van der Waals surface area contributed by atoms with Gasteiger partial charge in [-0.25, -0.2) is 0 Å². The molecule has 59 heavy (non-hydrogen) atoms. The summed E-state index contributed by atoms with van der Waals surface area (Å²) in [6, 6.07) is 65.0. The van der Waals surface area contributed by atoms with Crippen LogP contribution in [0.4, 0.5) is 17.1 Å². The van der Waals surface area contributed by atoms with Gasteiger partial charge in [0, 0.05) is 51.1 Å². The van der Waals surface area contributed by atoms with Gasteiger partial charge in [0.15, 0.2) is 0 Å². The van der Waals surface area contributed by atoms with Crippen molar-refractivity contribution in [2.75, 3.05) is 4.90 Å². The van der Waals surface area contributed by atoms with E-state index in [0.29, 0.717) is 0 Å². The third-order valence-corrected chi connectivity index (χ3v) is 12.1. The van der Waals surface area contributed by atoms with Crippen molar-refractivity contribution < 1.29 is 9.47 Å². The van der Waals surface area contributed by atoms with Crippen LogP contribution in [0.3, 0.4) is 0 Å². The fraction of sp³-hybridized carbons (Fsp3) is 0.0370. The quantitative estimate of drug-likeness (QED) is 0.158. The molecular formula is C54H37BN2O2. The lowest BCUT2D eigenvalue weighted by Gasteiger charge is -2.34. The van der Waals surface area contributed by atoms with Crippen LogP contribution in [0.25, 0.3) is 49.8 Å². The predicted molar refractivity (Wildman–Crippen MR) is 245 cm³/mol. The molecule has 278 valence electrons. The Balaban J connectivity index is 1.00. The molecule has 0 amide bonds. The van der Waals surface area contributed by atoms with Gasteiger partial charge in [0.2, 0.25) is 0 Å². The van der Waals surface area contributed by atoms with Crippen molar-refractivity contribution in [1.82, 2.24) is 4.57 Å². The first-order valence-electron chi connectivity index (χ1n) is 20.4. The van der Waals surface area contributed by atoms with Gasteiger partial charge >= 0.3 is 0 Å². The van der Waals surface area contributed by atoms with Gasteiger partial charge in [-0.05, 0) is 101 Å². The van der Waals surface area contributed by atoms with Gasteiger partial charge < -0.3 is 18.9 Å². The molecule has 3 heterocycles. The number of allylic oxidation sites excluding steroid dienone is 4. The van der Waals surface area contributed by atoms with Gasteiger partial charge in [0.05, 0.1) is 11.0 Å². The highest BCUT2D eigenvalue weighted by Gasteiger charge is 2.41. The molecule has 0 radical (unpaired) electrons. The molecule has 0 atom stereocenters. The molecule has 8 aromatic carbocycles. The maximum absolute atomic E-state index is 6.87. The highest BCUT2D eigenvalue weighted by molar-refractivity contribution is 6.98. The first-order chi connectivity index (χ1) is 29.2. The normalized spacial score (nSPS) is 13.6. The molecule has 5 heteroatoms. The third-order valence-electron chi connectivity index (χ3n) is 12.1. The second-order valence-electron chi connectivity index (χ2n) is 15.6. The molecule has 3 aliphatic rings. The fourth-order valence-corrected chi connectivity index (χ4v) is 9.38. The Bertz CT molecular complexity index is 3070. The summed E-state index contributed by atoms with van der Waals surface area (Å²) in [4.78, 5) is 2.32. The lowest BCUT2D eigenvalue weighted by molar-refractivity contribution is 0.465. The fourth-order valence-electron chi connectivity index (χ4n) is 9.38. The van der Waals surface area contributed by atoms with Crippen molar-refractivity contribution in [2.24, 2.45) is 0 Å². The maximum atomic E-state index is 6.87. The predicted octanol–water partition coefficient (Wildman–Crippen LogP) is 12.5. The molecule has 0 unspecified atom stereocenters. The van der Waals surface area contributed by atoms with Crippen LogP contribution >= 0.6 is 0 Å². The van der Waals surface area contributed by atoms with Crippen LogP contribution in [0, 0.1) is 0 Å². The van der Waals surface area contributed by atoms with Crippen molar-refractivity contribution >= 4 is 67.7 Å². The number of fused-ring (bicyclic) bond motifs is 7. The minimum absolute atomic E-state index is 0.0631. The summed E-state index contributed by atoms with van der Waals surface area (Å²) in [5.41, 5.74) is 14.8. The van der Waals surface area contributed by atoms with Gasteiger partial charge in [-0.2, -0.15) is 0 Å². The molecule has 9 aromatic rings. The average molecular weight is 757 g/mol. The summed E-state index contributed by atoms with van der Waals surface area (Å²) in [5.74, 6) is 3.39. The van der Waals surface area contributed by atoms with E-state index in [9.17, 15) is 0 Å². The van der Waals surface area contributed by atoms with E-state index < -0.39 is 0 Å². The number of rotatable bonds is 6. The summed E-state index contributed by atoms with van der Waals surface area (Å²) in [7, 11) is 0. The monoisotopic (exact) mass is 756 g/mol. The largest absolute Gasteiger partial charge is 0.458 e. The van der Waals surface area contributed by atoms with Gasteiger partial charge in [0.25, 0.3) is 6.71 Å². The van der Waals surface area contributed by atoms with Crippen LogP contribution in [0.1, 0.15) is 12.8 Å². The summed E-state index contributed by atoms with van der Waals surface area (Å²) in [6.45, 7) is -0.0631. The van der Waals surface area contributed by atoms with Gasteiger partial charge in [-0.15, -0.1) is 0 Å². The van der Waals surface area contributed by atoms with Gasteiger partial charge in [0.1, 0.15) is 23.0 Å². The first-order valence-corrected chi connectivity index (χ1v) is 20.4. The van der Waals surface area contributed by atoms with E-state index in [1.54, 1.807) is 0 Å². The van der Waals surface area contributed by atoms with Crippen molar-refractivity contribution in [3.63, 3.8) is 0 Å². The van der Waals surface area contributed by atoms with E-state index in [-0.39, 0.29) is 6.71 Å². The Morgan fingerprint density at radius 3 is 1.68 bits per heavy atom. The Morgan fingerprint density at radius 2 is 1.03 bits per heavy atom. The van der Waals surface area contributed by atoms with Crippen LogP contribution in [-0.2, 0) is 0 Å². The van der Waals surface area contributed by atoms with Crippen molar-refractivity contribution in [3.8, 4) is 45.3 Å². The Morgan fingerprint density at radius 1 is 0.441 bits per heavy atom. The highest BCUT2D eigenvalue weighted by Crippen LogP contribution is 2.42. The van der Waals surface area contributed by atoms with Gasteiger partial charge in [-0.3, -0.25) is 0 Å². The molecule has 4 nitrogen and oxygen atoms in total. The van der Waals surface area contributed by atoms with Crippen molar-refractivity contribution in [1.29, 1.82) is 0 Å². The van der Waals surface area contributed by atoms with Crippen molar-refractivity contribution in [3.05, 3.63) is 200 Å². The summed E-state index contributed by atoms with van der Waals surface area (Å²) in [5, 5.41) is 2.46. The Hall–Kier alpha value is -7.50. The van der Waals surface area contributed by atoms with Crippen LogP contribution < -0.4 is 30.8 Å². The van der Waals surface area contributed by atoms with E-state index in [1.807, 2.05) is 6.07 Å². The van der Waals surface area contributed by atoms with Crippen LogP contribution in [0.15, 0.2) is 200 Å². The van der Waals surface area contributed by atoms with E-state index >= 15 is 0 Å². The third kappa shape index (κ3) is 5.54. The molecule has 0 spiro atoms. The van der Waals surface area contributed by atoms with E-state index in [1.165, 1.54) is 44.2 Å². The smallest absolute Gasteiger partial charge is 0.260 e. The zero-order chi connectivity index (χ0) is 38.9. The number of benzene rings is 8. The van der Waals surface area contributed by atoms with Crippen LogP contribution in [0.2, 0.25) is 0 Å². The highest BCUT2D eigenvalue weighted by atomic mass is 16.5. The van der Waals surface area contributed by atoms with Crippen LogP contribution in [0.5, 0.6) is 23.0 Å². The molecule has 0 saturated carbocycles. The summed E-state index contributed by atoms with van der Waals surface area (Å²) < 4.78 is 16.1. The number of nitrogens with zero attached hydrogens (tertiary/aromatic N) is 2. The first kappa shape index (κ1) is 33.6. The molecule has 1 aliphatic carbocycles. The Kier molecular flexibility index (Phi) is 7.73. The summed E-state index contributed by atoms with van der Waals surface area (Å²) >= 11 is 0. The summed E-state index contributed by atoms with van der Waals surface area (Å²) in [6.07, 6.45) is 8.98. The van der Waals surface area contributed by atoms with E-state index in [4.69, 9.17) is 9.47 Å². The van der Waals surface area contributed by atoms with E-state index in [0.717, 1.165) is 74.8 Å². The molecule has 12 rings (SSSR count). The molecule has 0 bridgehead atoms. The molecule has 0 saturated heterocycles. The Labute approximate surface area is 343 Å². The molecular weight excluding hydrogens is 719 g/mol. The number of para-hydroxylation sites is 1.